The summed E-state index contributed by atoms with van der Waals surface area (Å²) in [6.45, 7) is 0.0261. The molecule has 0 saturated heterocycles. The maximum absolute atomic E-state index is 13.3. The van der Waals surface area contributed by atoms with Gasteiger partial charge in [0, 0.05) is 30.2 Å². The Morgan fingerprint density at radius 2 is 1.80 bits per heavy atom. The van der Waals surface area contributed by atoms with E-state index in [4.69, 9.17) is 0 Å². The molecule has 0 atom stereocenters. The average molecular weight is 439 g/mol. The lowest BCUT2D eigenvalue weighted by molar-refractivity contribution is -0.137. The number of fused-ring (bicyclic) bond motifs is 1. The summed E-state index contributed by atoms with van der Waals surface area (Å²) in [6.07, 6.45) is -2.26. The van der Waals surface area contributed by atoms with Crippen LogP contribution in [0.25, 0.3) is 22.4 Å². The summed E-state index contributed by atoms with van der Waals surface area (Å²) >= 11 is 0. The molecular weight excluding hydrogens is 423 g/mol. The van der Waals surface area contributed by atoms with E-state index in [1.807, 2.05) is 0 Å². The Bertz CT molecular complexity index is 1200. The molecule has 158 valence electrons. The van der Waals surface area contributed by atoms with Crippen molar-refractivity contribution in [3.8, 4) is 11.4 Å². The quantitative estimate of drug-likeness (QED) is 0.568. The van der Waals surface area contributed by atoms with Crippen molar-refractivity contribution in [3.63, 3.8) is 0 Å². The second kappa shape index (κ2) is 8.32. The molecule has 3 aromatic rings. The number of pyridine rings is 1. The Kier molecular flexibility index (Phi) is 5.99. The lowest BCUT2D eigenvalue weighted by Crippen LogP contribution is -2.34. The van der Waals surface area contributed by atoms with Crippen molar-refractivity contribution < 1.29 is 26.4 Å². The van der Waals surface area contributed by atoms with E-state index in [-0.39, 0.29) is 35.8 Å². The van der Waals surface area contributed by atoms with Crippen molar-refractivity contribution in [1.82, 2.24) is 25.0 Å². The molecule has 0 spiro atoms. The number of hydrogen-bond acceptors (Lipinski definition) is 6. The van der Waals surface area contributed by atoms with Crippen molar-refractivity contribution in [3.05, 3.63) is 53.9 Å². The Hall–Kier alpha value is -3.12. The molecule has 0 aliphatic carbocycles. The Morgan fingerprint density at radius 1 is 1.07 bits per heavy atom. The van der Waals surface area contributed by atoms with E-state index in [1.165, 1.54) is 36.5 Å². The van der Waals surface area contributed by atoms with Crippen LogP contribution in [0.5, 0.6) is 0 Å². The highest BCUT2D eigenvalue weighted by Gasteiger charge is 2.34. The monoisotopic (exact) mass is 439 g/mol. The molecule has 2 aromatic heterocycles. The predicted octanol–water partition coefficient (Wildman–Crippen LogP) is 1.99. The minimum Gasteiger partial charge on any atom is -0.349 e. The van der Waals surface area contributed by atoms with Gasteiger partial charge in [-0.2, -0.15) is 13.2 Å². The number of hydrogen-bond donors (Lipinski definition) is 2. The molecule has 8 nitrogen and oxygen atoms in total. The van der Waals surface area contributed by atoms with Crippen LogP contribution in [0.15, 0.2) is 42.6 Å². The zero-order valence-electron chi connectivity index (χ0n) is 15.6. The predicted molar refractivity (Wildman–Crippen MR) is 103 cm³/mol. The van der Waals surface area contributed by atoms with Crippen LogP contribution in [0.3, 0.4) is 0 Å². The number of nitrogens with zero attached hydrogens (tertiary/aromatic N) is 3. The van der Waals surface area contributed by atoms with Crippen LogP contribution in [-0.2, 0) is 16.2 Å². The molecule has 2 N–H and O–H groups in total. The zero-order chi connectivity index (χ0) is 21.9. The molecule has 30 heavy (non-hydrogen) atoms. The van der Waals surface area contributed by atoms with Gasteiger partial charge in [-0.1, -0.05) is 18.2 Å². The first-order valence-electron chi connectivity index (χ1n) is 8.58. The number of benzene rings is 1. The van der Waals surface area contributed by atoms with Crippen molar-refractivity contribution in [1.29, 1.82) is 0 Å². The number of aromatic nitrogens is 3. The van der Waals surface area contributed by atoms with E-state index in [1.54, 1.807) is 0 Å². The highest BCUT2D eigenvalue weighted by Crippen LogP contribution is 2.35. The molecule has 0 unspecified atom stereocenters. The summed E-state index contributed by atoms with van der Waals surface area (Å²) in [5.74, 6) is -0.749. The highest BCUT2D eigenvalue weighted by molar-refractivity contribution is 7.88. The van der Waals surface area contributed by atoms with Gasteiger partial charge in [0.05, 0.1) is 11.8 Å². The second-order valence-electron chi connectivity index (χ2n) is 6.27. The molecule has 0 bridgehead atoms. The molecule has 0 aliphatic rings. The number of carbonyl (C=O) groups is 1. The van der Waals surface area contributed by atoms with Crippen molar-refractivity contribution >= 4 is 27.0 Å². The first-order valence-corrected chi connectivity index (χ1v) is 10.5. The van der Waals surface area contributed by atoms with Gasteiger partial charge in [-0.05, 0) is 18.2 Å². The first kappa shape index (κ1) is 21.6. The van der Waals surface area contributed by atoms with Gasteiger partial charge in [-0.3, -0.25) is 4.79 Å². The zero-order valence-corrected chi connectivity index (χ0v) is 16.4. The third kappa shape index (κ3) is 5.27. The van der Waals surface area contributed by atoms with Gasteiger partial charge in [0.2, 0.25) is 10.0 Å². The second-order valence-corrected chi connectivity index (χ2v) is 8.10. The van der Waals surface area contributed by atoms with E-state index < -0.39 is 27.7 Å². The topological polar surface area (TPSA) is 114 Å². The Balaban J connectivity index is 1.86. The van der Waals surface area contributed by atoms with Crippen LogP contribution >= 0.6 is 0 Å². The molecular formula is C18H16F3N5O3S. The van der Waals surface area contributed by atoms with Gasteiger partial charge in [0.25, 0.3) is 5.91 Å². The smallest absolute Gasteiger partial charge is 0.349 e. The normalized spacial score (nSPS) is 12.1. The largest absolute Gasteiger partial charge is 0.417 e. The summed E-state index contributed by atoms with van der Waals surface area (Å²) < 4.78 is 64.1. The van der Waals surface area contributed by atoms with Gasteiger partial charge >= 0.3 is 6.18 Å². The lowest BCUT2D eigenvalue weighted by Gasteiger charge is -2.12. The third-order valence-electron chi connectivity index (χ3n) is 3.92. The van der Waals surface area contributed by atoms with Gasteiger partial charge in [-0.15, -0.1) is 0 Å². The molecule has 0 saturated carbocycles. The molecule has 0 aliphatic heterocycles. The fourth-order valence-corrected chi connectivity index (χ4v) is 3.07. The summed E-state index contributed by atoms with van der Waals surface area (Å²) in [5, 5.41) is 2.93. The number of alkyl halides is 3. The van der Waals surface area contributed by atoms with Crippen LogP contribution in [0.1, 0.15) is 16.1 Å². The maximum atomic E-state index is 13.3. The van der Waals surface area contributed by atoms with E-state index in [0.717, 1.165) is 12.3 Å². The van der Waals surface area contributed by atoms with Crippen LogP contribution in [0.4, 0.5) is 13.2 Å². The Labute approximate surface area is 169 Å². The molecule has 2 heterocycles. The van der Waals surface area contributed by atoms with Crippen LogP contribution in [-0.4, -0.2) is 48.6 Å². The van der Waals surface area contributed by atoms with Gasteiger partial charge in [0.1, 0.15) is 5.69 Å². The van der Waals surface area contributed by atoms with Crippen molar-refractivity contribution in [2.24, 2.45) is 0 Å². The third-order valence-corrected chi connectivity index (χ3v) is 4.65. The van der Waals surface area contributed by atoms with Crippen LogP contribution in [0.2, 0.25) is 0 Å². The number of sulfonamides is 1. The average Bonchev–Trinajstić information content (AvgIpc) is 2.69. The van der Waals surface area contributed by atoms with Crippen LogP contribution < -0.4 is 10.0 Å². The number of carbonyl (C=O) groups excluding carboxylic acids is 1. The molecule has 1 aromatic carbocycles. The summed E-state index contributed by atoms with van der Waals surface area (Å²) in [4.78, 5) is 24.4. The molecule has 0 fully saturated rings. The fourth-order valence-electron chi connectivity index (χ4n) is 2.59. The number of amides is 1. The van der Waals surface area contributed by atoms with E-state index in [0.29, 0.717) is 5.39 Å². The SMILES string of the molecule is CS(=O)(=O)NCCNC(=O)c1ccc2cnc(-c3ccccc3C(F)(F)F)nc2n1. The lowest BCUT2D eigenvalue weighted by atomic mass is 10.1. The standard InChI is InChI=1S/C18H16F3N5O3S/c1-30(28,29)24-9-8-22-17(27)14-7-6-11-10-23-16(26-15(11)25-14)12-4-2-3-5-13(12)18(19,20)21/h2-7,10,24H,8-9H2,1H3,(H,22,27). The molecule has 12 heteroatoms. The minimum absolute atomic E-state index is 0.00129. The van der Waals surface area contributed by atoms with E-state index in [2.05, 4.69) is 25.0 Å². The van der Waals surface area contributed by atoms with Crippen molar-refractivity contribution in [2.75, 3.05) is 19.3 Å². The molecule has 0 radical (unpaired) electrons. The maximum Gasteiger partial charge on any atom is 0.417 e. The highest BCUT2D eigenvalue weighted by atomic mass is 32.2. The summed E-state index contributed by atoms with van der Waals surface area (Å²) in [6, 6.07) is 7.84. The van der Waals surface area contributed by atoms with Gasteiger partial charge in [0.15, 0.2) is 11.5 Å². The van der Waals surface area contributed by atoms with E-state index in [9.17, 15) is 26.4 Å². The van der Waals surface area contributed by atoms with Gasteiger partial charge < -0.3 is 5.32 Å². The van der Waals surface area contributed by atoms with E-state index >= 15 is 0 Å². The fraction of sp³-hybridized carbons (Fsp3) is 0.222. The molecule has 3 rings (SSSR count). The number of rotatable bonds is 6. The minimum atomic E-state index is -4.58. The van der Waals surface area contributed by atoms with Crippen LogP contribution in [0, 0.1) is 0 Å². The number of nitrogens with one attached hydrogen (secondary N) is 2. The number of halogens is 3. The van der Waals surface area contributed by atoms with Crippen molar-refractivity contribution in [2.45, 2.75) is 6.18 Å². The summed E-state index contributed by atoms with van der Waals surface area (Å²) in [5.41, 5.74) is -1.04. The Morgan fingerprint density at radius 3 is 2.50 bits per heavy atom. The van der Waals surface area contributed by atoms with Gasteiger partial charge in [-0.25, -0.2) is 28.1 Å². The molecule has 1 amide bonds. The first-order chi connectivity index (χ1) is 14.0. The summed E-state index contributed by atoms with van der Waals surface area (Å²) in [7, 11) is -3.37.